The van der Waals surface area contributed by atoms with Crippen LogP contribution in [0.5, 0.6) is 5.75 Å². The first-order chi connectivity index (χ1) is 9.31. The lowest BCUT2D eigenvalue weighted by Crippen LogP contribution is -2.21. The maximum Gasteiger partial charge on any atom is 0.124 e. The third-order valence-corrected chi connectivity index (χ3v) is 4.26. The van der Waals surface area contributed by atoms with Crippen LogP contribution in [0.2, 0.25) is 5.02 Å². The van der Waals surface area contributed by atoms with E-state index in [2.05, 4.69) is 5.32 Å². The molecule has 2 saturated carbocycles. The second kappa shape index (κ2) is 6.15. The van der Waals surface area contributed by atoms with E-state index in [1.807, 2.05) is 18.2 Å². The van der Waals surface area contributed by atoms with Gasteiger partial charge in [0, 0.05) is 23.2 Å². The summed E-state index contributed by atoms with van der Waals surface area (Å²) in [5, 5.41) is 4.33. The Hall–Kier alpha value is -0.730. The Bertz CT molecular complexity index is 425. The van der Waals surface area contributed by atoms with Crippen LogP contribution in [0.15, 0.2) is 18.2 Å². The summed E-state index contributed by atoms with van der Waals surface area (Å²) < 4.78 is 6.20. The summed E-state index contributed by atoms with van der Waals surface area (Å²) in [5.74, 6) is 1.02. The average Bonchev–Trinajstić information content (AvgIpc) is 3.24. The minimum absolute atomic E-state index is 0.398. The summed E-state index contributed by atoms with van der Waals surface area (Å²) in [4.78, 5) is 0. The summed E-state index contributed by atoms with van der Waals surface area (Å²) >= 11 is 6.11. The van der Waals surface area contributed by atoms with Crippen molar-refractivity contribution in [3.05, 3.63) is 28.8 Å². The molecule has 19 heavy (non-hydrogen) atoms. The number of halogens is 1. The molecule has 3 rings (SSSR count). The highest BCUT2D eigenvalue weighted by atomic mass is 35.5. The van der Waals surface area contributed by atoms with Gasteiger partial charge in [-0.3, -0.25) is 0 Å². The zero-order valence-corrected chi connectivity index (χ0v) is 12.1. The minimum atomic E-state index is 0.398. The fraction of sp³-hybridized carbons (Fsp3) is 0.625. The molecule has 2 aliphatic rings. The number of rotatable bonds is 5. The fourth-order valence-electron chi connectivity index (χ4n) is 2.71. The molecule has 0 aromatic heterocycles. The van der Waals surface area contributed by atoms with Gasteiger partial charge < -0.3 is 10.1 Å². The van der Waals surface area contributed by atoms with Crippen LogP contribution in [0.3, 0.4) is 0 Å². The Morgan fingerprint density at radius 1 is 1.11 bits per heavy atom. The van der Waals surface area contributed by atoms with E-state index in [1.54, 1.807) is 0 Å². The average molecular weight is 280 g/mol. The first-order valence-electron chi connectivity index (χ1n) is 7.50. The number of nitrogens with one attached hydrogen (secondary N) is 1. The first-order valence-corrected chi connectivity index (χ1v) is 7.87. The summed E-state index contributed by atoms with van der Waals surface area (Å²) in [6.07, 6.45) is 9.35. The van der Waals surface area contributed by atoms with Gasteiger partial charge in [0.25, 0.3) is 0 Å². The molecule has 0 aliphatic heterocycles. The molecule has 3 heteroatoms. The number of ether oxygens (including phenoxy) is 1. The molecule has 2 fully saturated rings. The molecule has 2 nitrogen and oxygen atoms in total. The van der Waals surface area contributed by atoms with Crippen molar-refractivity contribution < 1.29 is 4.74 Å². The fourth-order valence-corrected chi connectivity index (χ4v) is 2.90. The van der Waals surface area contributed by atoms with Gasteiger partial charge in [0.15, 0.2) is 0 Å². The van der Waals surface area contributed by atoms with Crippen LogP contribution in [0.4, 0.5) is 0 Å². The molecule has 0 heterocycles. The lowest BCUT2D eigenvalue weighted by molar-refractivity contribution is 0.153. The van der Waals surface area contributed by atoms with E-state index in [0.717, 1.165) is 17.3 Å². The van der Waals surface area contributed by atoms with Crippen molar-refractivity contribution in [2.24, 2.45) is 0 Å². The van der Waals surface area contributed by atoms with Crippen LogP contribution >= 0.6 is 11.6 Å². The van der Waals surface area contributed by atoms with Crippen molar-refractivity contribution in [3.8, 4) is 5.75 Å². The normalized spacial score (nSPS) is 20.5. The largest absolute Gasteiger partial charge is 0.490 e. The van der Waals surface area contributed by atoms with E-state index in [-0.39, 0.29) is 0 Å². The topological polar surface area (TPSA) is 21.3 Å². The predicted octanol–water partition coefficient (Wildman–Crippen LogP) is 4.30. The highest BCUT2D eigenvalue weighted by molar-refractivity contribution is 6.30. The zero-order chi connectivity index (χ0) is 13.1. The Balaban J connectivity index is 1.66. The monoisotopic (exact) mass is 279 g/mol. The maximum absolute atomic E-state index is 6.20. The zero-order valence-electron chi connectivity index (χ0n) is 11.3. The molecule has 0 bridgehead atoms. The molecule has 0 atom stereocenters. The molecule has 0 spiro atoms. The van der Waals surface area contributed by atoms with Gasteiger partial charge in [-0.2, -0.15) is 0 Å². The van der Waals surface area contributed by atoms with E-state index in [4.69, 9.17) is 16.3 Å². The molecule has 0 amide bonds. The van der Waals surface area contributed by atoms with Crippen LogP contribution in [-0.4, -0.2) is 12.1 Å². The van der Waals surface area contributed by atoms with Crippen LogP contribution in [0, 0.1) is 0 Å². The van der Waals surface area contributed by atoms with Gasteiger partial charge in [-0.1, -0.05) is 18.0 Å². The Morgan fingerprint density at radius 3 is 2.63 bits per heavy atom. The summed E-state index contributed by atoms with van der Waals surface area (Å²) in [5.41, 5.74) is 1.20. The van der Waals surface area contributed by atoms with Gasteiger partial charge in [-0.15, -0.1) is 0 Å². The number of hydrogen-bond donors (Lipinski definition) is 1. The maximum atomic E-state index is 6.20. The molecular formula is C16H22ClNO. The van der Waals surface area contributed by atoms with Crippen molar-refractivity contribution in [2.75, 3.05) is 0 Å². The molecule has 0 unspecified atom stereocenters. The molecule has 0 radical (unpaired) electrons. The molecular weight excluding hydrogens is 258 g/mol. The minimum Gasteiger partial charge on any atom is -0.490 e. The smallest absolute Gasteiger partial charge is 0.124 e. The van der Waals surface area contributed by atoms with E-state index in [0.29, 0.717) is 12.1 Å². The van der Waals surface area contributed by atoms with Crippen molar-refractivity contribution in [2.45, 2.75) is 63.6 Å². The van der Waals surface area contributed by atoms with Crippen LogP contribution < -0.4 is 10.1 Å². The second-order valence-electron chi connectivity index (χ2n) is 5.79. The molecule has 1 aromatic carbocycles. The van der Waals surface area contributed by atoms with Crippen molar-refractivity contribution in [3.63, 3.8) is 0 Å². The van der Waals surface area contributed by atoms with Crippen LogP contribution in [0.1, 0.15) is 50.5 Å². The molecule has 2 aliphatic carbocycles. The van der Waals surface area contributed by atoms with Crippen LogP contribution in [0.25, 0.3) is 0 Å². The molecule has 1 N–H and O–H groups in total. The Labute approximate surface area is 120 Å². The van der Waals surface area contributed by atoms with Gasteiger partial charge in [0.2, 0.25) is 0 Å². The molecule has 0 saturated heterocycles. The third kappa shape index (κ3) is 3.87. The van der Waals surface area contributed by atoms with Crippen molar-refractivity contribution in [1.29, 1.82) is 0 Å². The first kappa shape index (κ1) is 13.3. The third-order valence-electron chi connectivity index (χ3n) is 4.03. The van der Waals surface area contributed by atoms with E-state index in [1.165, 1.54) is 50.5 Å². The summed E-state index contributed by atoms with van der Waals surface area (Å²) in [6, 6.07) is 6.71. The highest BCUT2D eigenvalue weighted by Gasteiger charge is 2.21. The Morgan fingerprint density at radius 2 is 1.89 bits per heavy atom. The highest BCUT2D eigenvalue weighted by Crippen LogP contribution is 2.29. The second-order valence-corrected chi connectivity index (χ2v) is 6.22. The van der Waals surface area contributed by atoms with Gasteiger partial charge >= 0.3 is 0 Å². The van der Waals surface area contributed by atoms with Crippen molar-refractivity contribution >= 4 is 11.6 Å². The number of benzene rings is 1. The van der Waals surface area contributed by atoms with Gasteiger partial charge in [-0.25, -0.2) is 0 Å². The van der Waals surface area contributed by atoms with Gasteiger partial charge in [-0.05, 0) is 56.7 Å². The van der Waals surface area contributed by atoms with Gasteiger partial charge in [0.05, 0.1) is 6.10 Å². The summed E-state index contributed by atoms with van der Waals surface area (Å²) in [6.45, 7) is 0.868. The van der Waals surface area contributed by atoms with E-state index < -0.39 is 0 Å². The van der Waals surface area contributed by atoms with Gasteiger partial charge in [0.1, 0.15) is 5.75 Å². The SMILES string of the molecule is Clc1ccc(OC2CCCCC2)c(CNC2CC2)c1. The van der Waals surface area contributed by atoms with Crippen molar-refractivity contribution in [1.82, 2.24) is 5.32 Å². The quantitative estimate of drug-likeness (QED) is 0.867. The molecule has 104 valence electrons. The lowest BCUT2D eigenvalue weighted by Gasteiger charge is -2.24. The standard InChI is InChI=1S/C16H22ClNO/c17-13-6-9-16(19-15-4-2-1-3-5-15)12(10-13)11-18-14-7-8-14/h6,9-10,14-15,18H,1-5,7-8,11H2. The molecule has 1 aromatic rings. The predicted molar refractivity (Wildman–Crippen MR) is 78.8 cm³/mol. The van der Waals surface area contributed by atoms with E-state index >= 15 is 0 Å². The number of hydrogen-bond acceptors (Lipinski definition) is 2. The van der Waals surface area contributed by atoms with E-state index in [9.17, 15) is 0 Å². The summed E-state index contributed by atoms with van der Waals surface area (Å²) in [7, 11) is 0. The lowest BCUT2D eigenvalue weighted by atomic mass is 9.97. The Kier molecular flexibility index (Phi) is 4.29. The van der Waals surface area contributed by atoms with Crippen LogP contribution in [-0.2, 0) is 6.54 Å².